The van der Waals surface area contributed by atoms with Crippen LogP contribution in [0.4, 0.5) is 0 Å². The lowest BCUT2D eigenvalue weighted by molar-refractivity contribution is 0.0742. The van der Waals surface area contributed by atoms with E-state index < -0.39 is 0 Å². The van der Waals surface area contributed by atoms with Crippen LogP contribution in [0.25, 0.3) is 0 Å². The van der Waals surface area contributed by atoms with E-state index in [1.54, 1.807) is 14.2 Å². The van der Waals surface area contributed by atoms with Crippen LogP contribution in [0.2, 0.25) is 0 Å². The topological polar surface area (TPSA) is 67.5 Å². The number of benzene rings is 1. The highest BCUT2D eigenvalue weighted by Crippen LogP contribution is 2.43. The molecule has 6 heteroatoms. The number of aromatic amines is 1. The second-order valence-corrected chi connectivity index (χ2v) is 5.62. The number of ether oxygens (including phenoxy) is 2. The van der Waals surface area contributed by atoms with Crippen LogP contribution in [-0.4, -0.2) is 41.8 Å². The summed E-state index contributed by atoms with van der Waals surface area (Å²) in [6, 6.07) is 5.45. The SMILES string of the molecule is CCCN1C(=O)c2n[nH]c(C)c2C1c1cc(OC)ccc1OC. The van der Waals surface area contributed by atoms with Crippen molar-refractivity contribution in [2.45, 2.75) is 26.3 Å². The Morgan fingerprint density at radius 3 is 2.74 bits per heavy atom. The highest BCUT2D eigenvalue weighted by molar-refractivity contribution is 5.98. The van der Waals surface area contributed by atoms with Gasteiger partial charge in [-0.05, 0) is 31.5 Å². The third kappa shape index (κ3) is 2.34. The number of aryl methyl sites for hydroxylation is 1. The Kier molecular flexibility index (Phi) is 3.98. The summed E-state index contributed by atoms with van der Waals surface area (Å²) in [5.41, 5.74) is 3.25. The van der Waals surface area contributed by atoms with Crippen molar-refractivity contribution in [1.29, 1.82) is 0 Å². The maximum absolute atomic E-state index is 12.7. The number of nitrogens with zero attached hydrogens (tertiary/aromatic N) is 2. The zero-order valence-electron chi connectivity index (χ0n) is 13.8. The number of amides is 1. The van der Waals surface area contributed by atoms with Crippen molar-refractivity contribution in [1.82, 2.24) is 15.1 Å². The van der Waals surface area contributed by atoms with Gasteiger partial charge in [0.2, 0.25) is 0 Å². The van der Waals surface area contributed by atoms with Crippen molar-refractivity contribution in [3.05, 3.63) is 40.7 Å². The molecular weight excluding hydrogens is 294 g/mol. The standard InChI is InChI=1S/C17H21N3O3/c1-5-8-20-16(14-10(2)18-19-15(14)17(20)21)12-9-11(22-3)6-7-13(12)23-4/h6-7,9,16H,5,8H2,1-4H3,(H,18,19). The van der Waals surface area contributed by atoms with Gasteiger partial charge in [-0.1, -0.05) is 6.92 Å². The number of nitrogens with one attached hydrogen (secondary N) is 1. The molecule has 1 atom stereocenters. The highest BCUT2D eigenvalue weighted by Gasteiger charge is 2.42. The third-order valence-corrected chi connectivity index (χ3v) is 4.24. The first kappa shape index (κ1) is 15.4. The molecule has 1 aliphatic heterocycles. The van der Waals surface area contributed by atoms with E-state index >= 15 is 0 Å². The van der Waals surface area contributed by atoms with Crippen LogP contribution in [-0.2, 0) is 0 Å². The van der Waals surface area contributed by atoms with Gasteiger partial charge in [-0.15, -0.1) is 0 Å². The lowest BCUT2D eigenvalue weighted by atomic mass is 9.98. The lowest BCUT2D eigenvalue weighted by Crippen LogP contribution is -2.30. The van der Waals surface area contributed by atoms with E-state index in [0.29, 0.717) is 12.2 Å². The van der Waals surface area contributed by atoms with Crippen molar-refractivity contribution in [2.75, 3.05) is 20.8 Å². The van der Waals surface area contributed by atoms with Gasteiger partial charge in [0, 0.05) is 23.4 Å². The molecule has 0 aliphatic carbocycles. The van der Waals surface area contributed by atoms with Crippen molar-refractivity contribution >= 4 is 5.91 Å². The summed E-state index contributed by atoms with van der Waals surface area (Å²) in [7, 11) is 3.26. The number of fused-ring (bicyclic) bond motifs is 1. The average Bonchev–Trinajstić information content (AvgIpc) is 3.07. The van der Waals surface area contributed by atoms with Crippen LogP contribution in [0, 0.1) is 6.92 Å². The van der Waals surface area contributed by atoms with Crippen molar-refractivity contribution in [3.63, 3.8) is 0 Å². The summed E-state index contributed by atoms with van der Waals surface area (Å²) < 4.78 is 10.9. The summed E-state index contributed by atoms with van der Waals surface area (Å²) in [5, 5.41) is 7.12. The number of carbonyl (C=O) groups excluding carboxylic acids is 1. The molecule has 1 aromatic carbocycles. The van der Waals surface area contributed by atoms with E-state index in [2.05, 4.69) is 17.1 Å². The van der Waals surface area contributed by atoms with E-state index in [1.807, 2.05) is 30.0 Å². The Morgan fingerprint density at radius 1 is 1.30 bits per heavy atom. The molecule has 23 heavy (non-hydrogen) atoms. The molecule has 6 nitrogen and oxygen atoms in total. The molecule has 2 heterocycles. The zero-order chi connectivity index (χ0) is 16.6. The normalized spacial score (nSPS) is 16.6. The van der Waals surface area contributed by atoms with Gasteiger partial charge in [0.05, 0.1) is 20.3 Å². The summed E-state index contributed by atoms with van der Waals surface area (Å²) >= 11 is 0. The van der Waals surface area contributed by atoms with E-state index in [4.69, 9.17) is 9.47 Å². The molecule has 1 amide bonds. The van der Waals surface area contributed by atoms with Crippen molar-refractivity contribution in [2.24, 2.45) is 0 Å². The number of hydrogen-bond donors (Lipinski definition) is 1. The maximum Gasteiger partial charge on any atom is 0.275 e. The molecule has 3 rings (SSSR count). The molecule has 0 saturated carbocycles. The molecule has 0 spiro atoms. The maximum atomic E-state index is 12.7. The lowest BCUT2D eigenvalue weighted by Gasteiger charge is -2.27. The van der Waals surface area contributed by atoms with Gasteiger partial charge in [0.1, 0.15) is 11.5 Å². The minimum Gasteiger partial charge on any atom is -0.497 e. The molecule has 0 saturated heterocycles. The first-order chi connectivity index (χ1) is 11.1. The van der Waals surface area contributed by atoms with E-state index in [9.17, 15) is 4.79 Å². The van der Waals surface area contributed by atoms with Crippen LogP contribution in [0.3, 0.4) is 0 Å². The smallest absolute Gasteiger partial charge is 0.275 e. The molecule has 1 aliphatic rings. The Labute approximate surface area is 135 Å². The summed E-state index contributed by atoms with van der Waals surface area (Å²) in [6.07, 6.45) is 0.877. The van der Waals surface area contributed by atoms with Crippen LogP contribution in [0.5, 0.6) is 11.5 Å². The zero-order valence-corrected chi connectivity index (χ0v) is 13.8. The summed E-state index contributed by atoms with van der Waals surface area (Å²) in [4.78, 5) is 14.6. The predicted octanol–water partition coefficient (Wildman–Crippen LogP) is 2.69. The fourth-order valence-corrected chi connectivity index (χ4v) is 3.19. The number of aromatic nitrogens is 2. The van der Waals surface area contributed by atoms with Crippen LogP contribution in [0.1, 0.15) is 46.7 Å². The molecule has 1 N–H and O–H groups in total. The van der Waals surface area contributed by atoms with Gasteiger partial charge in [-0.25, -0.2) is 0 Å². The Morgan fingerprint density at radius 2 is 2.09 bits per heavy atom. The molecule has 2 aromatic rings. The van der Waals surface area contributed by atoms with Gasteiger partial charge in [0.25, 0.3) is 5.91 Å². The Hall–Kier alpha value is -2.50. The quantitative estimate of drug-likeness (QED) is 0.921. The van der Waals surface area contributed by atoms with Crippen LogP contribution < -0.4 is 9.47 Å². The highest BCUT2D eigenvalue weighted by atomic mass is 16.5. The van der Waals surface area contributed by atoms with E-state index in [-0.39, 0.29) is 11.9 Å². The molecule has 0 bridgehead atoms. The van der Waals surface area contributed by atoms with Crippen LogP contribution >= 0.6 is 0 Å². The van der Waals surface area contributed by atoms with Gasteiger partial charge in [0.15, 0.2) is 5.69 Å². The van der Waals surface area contributed by atoms with E-state index in [0.717, 1.165) is 34.7 Å². The average molecular weight is 315 g/mol. The van der Waals surface area contributed by atoms with Crippen molar-refractivity contribution < 1.29 is 14.3 Å². The number of H-pyrrole nitrogens is 1. The first-order valence-corrected chi connectivity index (χ1v) is 7.70. The minimum atomic E-state index is -0.207. The summed E-state index contributed by atoms with van der Waals surface area (Å²) in [6.45, 7) is 4.66. The molecule has 1 unspecified atom stereocenters. The van der Waals surface area contributed by atoms with Gasteiger partial charge in [-0.3, -0.25) is 9.89 Å². The molecular formula is C17H21N3O3. The Balaban J connectivity index is 2.19. The molecule has 1 aromatic heterocycles. The molecule has 122 valence electrons. The predicted molar refractivity (Wildman–Crippen MR) is 86.0 cm³/mol. The van der Waals surface area contributed by atoms with Gasteiger partial charge < -0.3 is 14.4 Å². The van der Waals surface area contributed by atoms with Gasteiger partial charge in [-0.2, -0.15) is 5.10 Å². The minimum absolute atomic E-state index is 0.0407. The Bertz CT molecular complexity index is 739. The van der Waals surface area contributed by atoms with E-state index in [1.165, 1.54) is 0 Å². The molecule has 0 fully saturated rings. The second kappa shape index (κ2) is 5.95. The first-order valence-electron chi connectivity index (χ1n) is 7.70. The van der Waals surface area contributed by atoms with Crippen LogP contribution in [0.15, 0.2) is 18.2 Å². The number of methoxy groups -OCH3 is 2. The summed E-state index contributed by atoms with van der Waals surface area (Å²) in [5.74, 6) is 1.43. The third-order valence-electron chi connectivity index (χ3n) is 4.24. The molecule has 0 radical (unpaired) electrons. The monoisotopic (exact) mass is 315 g/mol. The largest absolute Gasteiger partial charge is 0.497 e. The fourth-order valence-electron chi connectivity index (χ4n) is 3.19. The fraction of sp³-hybridized carbons (Fsp3) is 0.412. The number of rotatable bonds is 5. The second-order valence-electron chi connectivity index (χ2n) is 5.62. The number of hydrogen-bond acceptors (Lipinski definition) is 4. The number of carbonyl (C=O) groups is 1. The van der Waals surface area contributed by atoms with Gasteiger partial charge >= 0.3 is 0 Å². The van der Waals surface area contributed by atoms with Crippen molar-refractivity contribution in [3.8, 4) is 11.5 Å².